The van der Waals surface area contributed by atoms with Gasteiger partial charge in [0.15, 0.2) is 11.0 Å². The minimum Gasteiger partial charge on any atom is -0.481 e. The highest BCUT2D eigenvalue weighted by Gasteiger charge is 2.33. The lowest BCUT2D eigenvalue weighted by Gasteiger charge is -2.20. The Morgan fingerprint density at radius 3 is 2.46 bits per heavy atom. The van der Waals surface area contributed by atoms with Crippen molar-refractivity contribution < 1.29 is 27.4 Å². The Kier molecular flexibility index (Phi) is 7.75. The van der Waals surface area contributed by atoms with E-state index in [9.17, 15) is 18.0 Å². The monoisotopic (exact) mass is 581 g/mol. The summed E-state index contributed by atoms with van der Waals surface area (Å²) in [6.07, 6.45) is -1.72. The molecular weight excluding hydrogens is 559 g/mol. The third kappa shape index (κ3) is 6.38. The maximum absolute atomic E-state index is 12.7. The lowest BCUT2D eigenvalue weighted by molar-refractivity contribution is -0.274. The van der Waals surface area contributed by atoms with Crippen LogP contribution in [-0.2, 0) is 4.79 Å². The van der Waals surface area contributed by atoms with Crippen LogP contribution in [0.4, 0.5) is 18.9 Å². The summed E-state index contributed by atoms with van der Waals surface area (Å²) >= 11 is 1.30. The molecule has 14 heteroatoms. The van der Waals surface area contributed by atoms with Gasteiger partial charge < -0.3 is 9.47 Å². The summed E-state index contributed by atoms with van der Waals surface area (Å²) in [6.45, 7) is 3.69. The van der Waals surface area contributed by atoms with E-state index in [1.807, 2.05) is 38.1 Å². The number of benzene rings is 2. The maximum Gasteiger partial charge on any atom is 0.573 e. The Morgan fingerprint density at radius 1 is 1.07 bits per heavy atom. The quantitative estimate of drug-likeness (QED) is 0.215. The van der Waals surface area contributed by atoms with E-state index in [2.05, 4.69) is 30.0 Å². The zero-order valence-corrected chi connectivity index (χ0v) is 22.8. The van der Waals surface area contributed by atoms with Crippen LogP contribution >= 0.6 is 11.8 Å². The molecule has 4 aromatic rings. The van der Waals surface area contributed by atoms with Crippen molar-refractivity contribution in [3.63, 3.8) is 0 Å². The van der Waals surface area contributed by atoms with Gasteiger partial charge in [0.05, 0.1) is 36.1 Å². The highest BCUT2D eigenvalue weighted by atomic mass is 32.2. The molecule has 0 spiro atoms. The summed E-state index contributed by atoms with van der Waals surface area (Å²) in [5.41, 5.74) is 4.16. The lowest BCUT2D eigenvalue weighted by Crippen LogP contribution is -2.30. The molecule has 0 bridgehead atoms. The fraction of sp³-hybridized carbons (Fsp3) is 0.185. The number of halogens is 3. The molecule has 210 valence electrons. The Balaban J connectivity index is 1.28. The molecule has 0 radical (unpaired) electrons. The van der Waals surface area contributed by atoms with Crippen molar-refractivity contribution in [1.82, 2.24) is 19.7 Å². The van der Waals surface area contributed by atoms with Crippen molar-refractivity contribution in [2.75, 3.05) is 17.8 Å². The van der Waals surface area contributed by atoms with Crippen molar-refractivity contribution in [3.8, 4) is 28.7 Å². The Hall–Kier alpha value is -4.72. The standard InChI is InChI=1S/C27H22F3N7O3S/c1-16-12-22(39-3)33-17(2)24(16)37-23(38)14-41-26(37)34-32-13-18-4-6-19(7-5-18)25-31-15-36(35-25)20-8-10-21(11-9-20)40-27(28,29)30/h4-13,15H,14H2,1-3H3/b32-13+,34-26-. The Bertz CT molecular complexity index is 1610. The molecule has 2 aromatic heterocycles. The van der Waals surface area contributed by atoms with E-state index in [0.29, 0.717) is 33.9 Å². The Morgan fingerprint density at radius 2 is 1.80 bits per heavy atom. The first-order valence-corrected chi connectivity index (χ1v) is 13.1. The molecule has 1 aliphatic rings. The fourth-order valence-corrected chi connectivity index (χ4v) is 4.88. The summed E-state index contributed by atoms with van der Waals surface area (Å²) in [4.78, 5) is 22.9. The number of alkyl halides is 3. The average molecular weight is 582 g/mol. The molecule has 0 saturated carbocycles. The number of carbonyl (C=O) groups excluding carboxylic acids is 1. The first kappa shape index (κ1) is 27.8. The van der Waals surface area contributed by atoms with Gasteiger partial charge in [-0.15, -0.1) is 23.4 Å². The largest absolute Gasteiger partial charge is 0.573 e. The lowest BCUT2D eigenvalue weighted by atomic mass is 10.1. The van der Waals surface area contributed by atoms with Gasteiger partial charge in [-0.05, 0) is 49.2 Å². The van der Waals surface area contributed by atoms with Crippen LogP contribution in [0.25, 0.3) is 17.1 Å². The summed E-state index contributed by atoms with van der Waals surface area (Å²) in [7, 11) is 1.54. The number of aryl methyl sites for hydroxylation is 2. The number of hydrogen-bond acceptors (Lipinski definition) is 9. The first-order valence-electron chi connectivity index (χ1n) is 12.1. The molecule has 0 aliphatic carbocycles. The molecule has 0 N–H and O–H groups in total. The van der Waals surface area contributed by atoms with E-state index in [0.717, 1.165) is 16.7 Å². The van der Waals surface area contributed by atoms with Gasteiger partial charge in [0, 0.05) is 11.6 Å². The molecule has 0 atom stereocenters. The zero-order chi connectivity index (χ0) is 29.1. The predicted molar refractivity (Wildman–Crippen MR) is 149 cm³/mol. The number of aromatic nitrogens is 4. The van der Waals surface area contributed by atoms with Gasteiger partial charge in [0.2, 0.25) is 11.8 Å². The van der Waals surface area contributed by atoms with Crippen LogP contribution < -0.4 is 14.4 Å². The summed E-state index contributed by atoms with van der Waals surface area (Å²) in [6, 6.07) is 14.3. The van der Waals surface area contributed by atoms with Crippen LogP contribution in [-0.4, -0.2) is 56.3 Å². The van der Waals surface area contributed by atoms with Gasteiger partial charge in [0.25, 0.3) is 0 Å². The van der Waals surface area contributed by atoms with Crippen LogP contribution in [0.3, 0.4) is 0 Å². The fourth-order valence-electron chi connectivity index (χ4n) is 4.07. The molecule has 10 nitrogen and oxygen atoms in total. The molecule has 5 rings (SSSR count). The van der Waals surface area contributed by atoms with Crippen LogP contribution in [0.15, 0.2) is 71.1 Å². The van der Waals surface area contributed by atoms with Crippen molar-refractivity contribution in [2.45, 2.75) is 20.2 Å². The number of hydrogen-bond donors (Lipinski definition) is 0. The SMILES string of the molecule is COc1cc(C)c(N2C(=O)CS/C2=N\N=C\c2ccc(-c3ncn(-c4ccc(OC(F)(F)F)cc4)n3)cc2)c(C)n1. The minimum absolute atomic E-state index is 0.107. The van der Waals surface area contributed by atoms with E-state index in [1.165, 1.54) is 59.0 Å². The van der Waals surface area contributed by atoms with E-state index < -0.39 is 6.36 Å². The van der Waals surface area contributed by atoms with Gasteiger partial charge >= 0.3 is 6.36 Å². The van der Waals surface area contributed by atoms with Crippen molar-refractivity contribution in [2.24, 2.45) is 10.2 Å². The van der Waals surface area contributed by atoms with Gasteiger partial charge in [-0.25, -0.2) is 14.6 Å². The molecule has 1 saturated heterocycles. The third-order valence-corrected chi connectivity index (χ3v) is 6.79. The molecule has 1 aliphatic heterocycles. The van der Waals surface area contributed by atoms with Crippen LogP contribution in [0, 0.1) is 13.8 Å². The highest BCUT2D eigenvalue weighted by molar-refractivity contribution is 8.15. The second kappa shape index (κ2) is 11.4. The second-order valence-electron chi connectivity index (χ2n) is 8.74. The number of carbonyl (C=O) groups is 1. The van der Waals surface area contributed by atoms with Crippen molar-refractivity contribution in [3.05, 3.63) is 77.7 Å². The number of thioether (sulfide) groups is 1. The number of amides is 1. The normalized spacial score (nSPS) is 14.8. The van der Waals surface area contributed by atoms with E-state index in [1.54, 1.807) is 12.3 Å². The molecule has 1 amide bonds. The van der Waals surface area contributed by atoms with E-state index in [-0.39, 0.29) is 17.4 Å². The topological polar surface area (TPSA) is 107 Å². The van der Waals surface area contributed by atoms with Gasteiger partial charge in [-0.2, -0.15) is 5.10 Å². The highest BCUT2D eigenvalue weighted by Crippen LogP contribution is 2.33. The smallest absolute Gasteiger partial charge is 0.481 e. The van der Waals surface area contributed by atoms with Crippen LogP contribution in [0.1, 0.15) is 16.8 Å². The second-order valence-corrected chi connectivity index (χ2v) is 9.68. The van der Waals surface area contributed by atoms with Crippen LogP contribution in [0.5, 0.6) is 11.6 Å². The van der Waals surface area contributed by atoms with Gasteiger partial charge in [-0.1, -0.05) is 36.0 Å². The van der Waals surface area contributed by atoms with Gasteiger partial charge in [-0.3, -0.25) is 9.69 Å². The Labute approximate surface area is 236 Å². The summed E-state index contributed by atoms with van der Waals surface area (Å²) < 4.78 is 47.7. The predicted octanol–water partition coefficient (Wildman–Crippen LogP) is 5.32. The number of nitrogens with zero attached hydrogens (tertiary/aromatic N) is 7. The molecule has 2 aromatic carbocycles. The van der Waals surface area contributed by atoms with Crippen molar-refractivity contribution >= 4 is 34.7 Å². The number of rotatable bonds is 7. The summed E-state index contributed by atoms with van der Waals surface area (Å²) in [5, 5.41) is 13.3. The number of pyridine rings is 1. The van der Waals surface area contributed by atoms with Gasteiger partial charge in [0.1, 0.15) is 12.1 Å². The van der Waals surface area contributed by atoms with E-state index in [4.69, 9.17) is 4.74 Å². The minimum atomic E-state index is -4.76. The zero-order valence-electron chi connectivity index (χ0n) is 22.0. The molecule has 3 heterocycles. The maximum atomic E-state index is 12.7. The van der Waals surface area contributed by atoms with E-state index >= 15 is 0 Å². The first-order chi connectivity index (χ1) is 19.6. The molecule has 0 unspecified atom stereocenters. The summed E-state index contributed by atoms with van der Waals surface area (Å²) in [5.74, 6) is 0.721. The molecule has 1 fully saturated rings. The molecule has 41 heavy (non-hydrogen) atoms. The number of ether oxygens (including phenoxy) is 2. The number of methoxy groups -OCH3 is 1. The van der Waals surface area contributed by atoms with Crippen molar-refractivity contribution in [1.29, 1.82) is 0 Å². The number of amidine groups is 1. The molecular formula is C27H22F3N7O3S. The third-order valence-electron chi connectivity index (χ3n) is 5.88. The average Bonchev–Trinajstić information content (AvgIpc) is 3.56. The van der Waals surface area contributed by atoms with Crippen LogP contribution in [0.2, 0.25) is 0 Å². The number of anilines is 1.